The summed E-state index contributed by atoms with van der Waals surface area (Å²) in [5, 5.41) is 5.24. The number of halogens is 3. The Kier molecular flexibility index (Phi) is 7.30. The molecule has 0 aliphatic rings. The molecule has 0 saturated heterocycles. The van der Waals surface area contributed by atoms with Gasteiger partial charge in [-0.25, -0.2) is 5.43 Å². The van der Waals surface area contributed by atoms with Gasteiger partial charge in [-0.1, -0.05) is 35.3 Å². The highest BCUT2D eigenvalue weighted by Gasteiger charge is 2.06. The number of hydrogen-bond donors (Lipinski definition) is 1. The zero-order valence-electron chi connectivity index (χ0n) is 14.5. The second-order valence-electron chi connectivity index (χ2n) is 5.80. The molecule has 0 atom stereocenters. The van der Waals surface area contributed by atoms with Crippen LogP contribution in [0.25, 0.3) is 0 Å². The number of hydrazone groups is 1. The van der Waals surface area contributed by atoms with E-state index in [1.54, 1.807) is 30.3 Å². The Bertz CT molecular complexity index is 990. The van der Waals surface area contributed by atoms with E-state index in [1.807, 2.05) is 36.4 Å². The van der Waals surface area contributed by atoms with Gasteiger partial charge in [-0.15, -0.1) is 0 Å². The first kappa shape index (κ1) is 20.6. The molecule has 3 aromatic rings. The van der Waals surface area contributed by atoms with Crippen LogP contribution < -0.4 is 10.2 Å². The minimum absolute atomic E-state index is 0.293. The fraction of sp³-hybridized carbons (Fsp3) is 0.0476. The molecule has 0 aromatic heterocycles. The summed E-state index contributed by atoms with van der Waals surface area (Å²) in [6.07, 6.45) is 1.51. The van der Waals surface area contributed by atoms with Gasteiger partial charge in [0.1, 0.15) is 12.4 Å². The van der Waals surface area contributed by atoms with Gasteiger partial charge >= 0.3 is 0 Å². The molecule has 0 spiro atoms. The van der Waals surface area contributed by atoms with Crippen molar-refractivity contribution in [3.8, 4) is 5.75 Å². The van der Waals surface area contributed by atoms with Crippen LogP contribution >= 0.6 is 45.8 Å². The summed E-state index contributed by atoms with van der Waals surface area (Å²) in [5.41, 5.74) is 4.68. The lowest BCUT2D eigenvalue weighted by molar-refractivity contribution is 0.0955. The minimum Gasteiger partial charge on any atom is -0.488 e. The molecule has 3 rings (SSSR count). The van der Waals surface area contributed by atoms with Gasteiger partial charge in [0.05, 0.1) is 6.21 Å². The normalized spacial score (nSPS) is 10.8. The highest BCUT2D eigenvalue weighted by Crippen LogP contribution is 2.23. The molecule has 1 amide bonds. The SMILES string of the molecule is O=C(N/N=C\c1cc(Cl)ccc1OCc1ccc(Cl)cc1)c1ccc(I)cc1. The number of ether oxygens (including phenoxy) is 1. The molecule has 0 bridgehead atoms. The molecule has 1 N–H and O–H groups in total. The Morgan fingerprint density at radius 1 is 1.00 bits per heavy atom. The van der Waals surface area contributed by atoms with Crippen molar-refractivity contribution in [1.82, 2.24) is 5.43 Å². The number of nitrogens with one attached hydrogen (secondary N) is 1. The topological polar surface area (TPSA) is 50.7 Å². The van der Waals surface area contributed by atoms with Gasteiger partial charge in [-0.2, -0.15) is 5.10 Å². The van der Waals surface area contributed by atoms with Gasteiger partial charge in [0, 0.05) is 24.7 Å². The number of rotatable bonds is 6. The first-order valence-electron chi connectivity index (χ1n) is 8.27. The average molecular weight is 525 g/mol. The summed E-state index contributed by atoms with van der Waals surface area (Å²) in [5.74, 6) is 0.310. The van der Waals surface area contributed by atoms with Crippen molar-refractivity contribution in [3.05, 3.63) is 97.0 Å². The molecule has 0 aliphatic carbocycles. The zero-order valence-corrected chi connectivity index (χ0v) is 18.2. The first-order valence-corrected chi connectivity index (χ1v) is 10.1. The predicted molar refractivity (Wildman–Crippen MR) is 121 cm³/mol. The van der Waals surface area contributed by atoms with Gasteiger partial charge in [0.15, 0.2) is 0 Å². The molecular formula is C21H15Cl2IN2O2. The summed E-state index contributed by atoms with van der Waals surface area (Å²) in [7, 11) is 0. The molecule has 142 valence electrons. The number of benzene rings is 3. The van der Waals surface area contributed by atoms with Gasteiger partial charge in [-0.3, -0.25) is 4.79 Å². The van der Waals surface area contributed by atoms with Crippen molar-refractivity contribution in [2.75, 3.05) is 0 Å². The van der Waals surface area contributed by atoms with E-state index in [0.717, 1.165) is 9.13 Å². The molecule has 0 saturated carbocycles. The highest BCUT2D eigenvalue weighted by molar-refractivity contribution is 14.1. The van der Waals surface area contributed by atoms with Crippen LogP contribution in [0.1, 0.15) is 21.5 Å². The van der Waals surface area contributed by atoms with Gasteiger partial charge in [-0.05, 0) is 82.8 Å². The van der Waals surface area contributed by atoms with E-state index in [9.17, 15) is 4.79 Å². The third-order valence-electron chi connectivity index (χ3n) is 3.76. The smallest absolute Gasteiger partial charge is 0.271 e. The summed E-state index contributed by atoms with van der Waals surface area (Å²) in [4.78, 5) is 12.1. The molecule has 28 heavy (non-hydrogen) atoms. The van der Waals surface area contributed by atoms with E-state index < -0.39 is 0 Å². The highest BCUT2D eigenvalue weighted by atomic mass is 127. The zero-order chi connectivity index (χ0) is 19.9. The van der Waals surface area contributed by atoms with Crippen molar-refractivity contribution in [2.45, 2.75) is 6.61 Å². The standard InChI is InChI=1S/C21H15Cl2IN2O2/c22-17-5-1-14(2-6-17)13-28-20-10-7-18(23)11-16(20)12-25-26-21(27)15-3-8-19(24)9-4-15/h1-12H,13H2,(H,26,27)/b25-12-. The maximum atomic E-state index is 12.1. The van der Waals surface area contributed by atoms with E-state index in [-0.39, 0.29) is 5.91 Å². The number of hydrogen-bond acceptors (Lipinski definition) is 3. The van der Waals surface area contributed by atoms with Crippen molar-refractivity contribution in [1.29, 1.82) is 0 Å². The summed E-state index contributed by atoms with van der Waals surface area (Å²) in [6.45, 7) is 0.370. The van der Waals surface area contributed by atoms with Gasteiger partial charge < -0.3 is 4.74 Å². The second-order valence-corrected chi connectivity index (χ2v) is 7.92. The van der Waals surface area contributed by atoms with Crippen LogP contribution in [0, 0.1) is 3.57 Å². The lowest BCUT2D eigenvalue weighted by Crippen LogP contribution is -2.17. The molecule has 0 heterocycles. The van der Waals surface area contributed by atoms with Crippen LogP contribution in [0.5, 0.6) is 5.75 Å². The quantitative estimate of drug-likeness (QED) is 0.246. The fourth-order valence-corrected chi connectivity index (χ4v) is 2.99. The Balaban J connectivity index is 1.67. The Labute approximate surface area is 186 Å². The van der Waals surface area contributed by atoms with Crippen LogP contribution in [0.3, 0.4) is 0 Å². The number of amides is 1. The lowest BCUT2D eigenvalue weighted by atomic mass is 10.2. The Morgan fingerprint density at radius 3 is 2.39 bits per heavy atom. The summed E-state index contributed by atoms with van der Waals surface area (Å²) >= 11 is 14.2. The maximum absolute atomic E-state index is 12.1. The van der Waals surface area contributed by atoms with E-state index in [1.165, 1.54) is 6.21 Å². The molecule has 3 aromatic carbocycles. The summed E-state index contributed by atoms with van der Waals surface area (Å²) in [6, 6.07) is 19.8. The first-order chi connectivity index (χ1) is 13.5. The van der Waals surface area contributed by atoms with Gasteiger partial charge in [0.25, 0.3) is 5.91 Å². The average Bonchev–Trinajstić information content (AvgIpc) is 2.69. The second kappa shape index (κ2) is 9.91. The maximum Gasteiger partial charge on any atom is 0.271 e. The minimum atomic E-state index is -0.293. The molecule has 0 fully saturated rings. The van der Waals surface area contributed by atoms with Gasteiger partial charge in [0.2, 0.25) is 0 Å². The molecule has 7 heteroatoms. The van der Waals surface area contributed by atoms with E-state index >= 15 is 0 Å². The van der Waals surface area contributed by atoms with E-state index in [0.29, 0.717) is 33.5 Å². The number of carbonyl (C=O) groups excluding carboxylic acids is 1. The Hall–Kier alpha value is -2.09. The largest absolute Gasteiger partial charge is 0.488 e. The van der Waals surface area contributed by atoms with Crippen molar-refractivity contribution < 1.29 is 9.53 Å². The Morgan fingerprint density at radius 2 is 1.68 bits per heavy atom. The molecule has 4 nitrogen and oxygen atoms in total. The van der Waals surface area contributed by atoms with Crippen molar-refractivity contribution >= 4 is 57.9 Å². The monoisotopic (exact) mass is 524 g/mol. The van der Waals surface area contributed by atoms with Crippen LogP contribution in [-0.4, -0.2) is 12.1 Å². The number of nitrogens with zero attached hydrogens (tertiary/aromatic N) is 1. The third kappa shape index (κ3) is 5.95. The third-order valence-corrected chi connectivity index (χ3v) is 4.96. The van der Waals surface area contributed by atoms with Crippen LogP contribution in [-0.2, 0) is 6.61 Å². The van der Waals surface area contributed by atoms with Crippen LogP contribution in [0.15, 0.2) is 71.8 Å². The van der Waals surface area contributed by atoms with Crippen LogP contribution in [0.2, 0.25) is 10.0 Å². The van der Waals surface area contributed by atoms with Crippen molar-refractivity contribution in [2.24, 2.45) is 5.10 Å². The fourth-order valence-electron chi connectivity index (χ4n) is 2.32. The number of carbonyl (C=O) groups is 1. The predicted octanol–water partition coefficient (Wildman–Crippen LogP) is 5.94. The molecule has 0 aliphatic heterocycles. The molecular weight excluding hydrogens is 510 g/mol. The lowest BCUT2D eigenvalue weighted by Gasteiger charge is -2.10. The van der Waals surface area contributed by atoms with E-state index in [2.05, 4.69) is 33.1 Å². The van der Waals surface area contributed by atoms with E-state index in [4.69, 9.17) is 27.9 Å². The molecule has 0 unspecified atom stereocenters. The molecule has 0 radical (unpaired) electrons. The summed E-state index contributed by atoms with van der Waals surface area (Å²) < 4.78 is 6.92. The van der Waals surface area contributed by atoms with Crippen molar-refractivity contribution in [3.63, 3.8) is 0 Å². The van der Waals surface area contributed by atoms with Crippen LogP contribution in [0.4, 0.5) is 0 Å².